The van der Waals surface area contributed by atoms with Gasteiger partial charge in [0.15, 0.2) is 11.2 Å². The first-order valence-corrected chi connectivity index (χ1v) is 11.2. The topological polar surface area (TPSA) is 112 Å². The molecule has 0 fully saturated rings. The van der Waals surface area contributed by atoms with E-state index in [1.807, 2.05) is 13.0 Å². The van der Waals surface area contributed by atoms with Crippen LogP contribution in [0.1, 0.15) is 44.2 Å². The molecule has 4 rings (SSSR count). The Balaban J connectivity index is 1.99. The van der Waals surface area contributed by atoms with Gasteiger partial charge in [-0.25, -0.2) is 4.79 Å². The fraction of sp³-hybridized carbons (Fsp3) is 0.385. The van der Waals surface area contributed by atoms with Gasteiger partial charge in [0.2, 0.25) is 0 Å². The average molecular weight is 466 g/mol. The standard InChI is InChI=1S/C26H27NO7/c1-6-33-26(31)20-14(4)27-17-10-13(3)19(25(30)32-5)24(29)22(17)21(20)16-11-34-18-8-7-12(2)9-15(18)23(16)28/h7-9,11,13,19,21,27H,6,10H2,1-5H3/t13-,19+,21+/m0/s1. The number of nitrogens with one attached hydrogen (secondary N) is 1. The number of carbonyl (C=O) groups is 3. The zero-order valence-corrected chi connectivity index (χ0v) is 19.8. The Kier molecular flexibility index (Phi) is 6.17. The lowest BCUT2D eigenvalue weighted by Gasteiger charge is -2.37. The van der Waals surface area contributed by atoms with Crippen LogP contribution in [-0.2, 0) is 23.9 Å². The third-order valence-electron chi connectivity index (χ3n) is 6.50. The molecule has 0 saturated heterocycles. The molecule has 8 nitrogen and oxygen atoms in total. The van der Waals surface area contributed by atoms with Crippen LogP contribution in [0.25, 0.3) is 11.0 Å². The summed E-state index contributed by atoms with van der Waals surface area (Å²) < 4.78 is 15.9. The number of hydrogen-bond acceptors (Lipinski definition) is 8. The molecule has 1 aliphatic heterocycles. The molecule has 1 N–H and O–H groups in total. The molecule has 8 heteroatoms. The quantitative estimate of drug-likeness (QED) is 0.541. The number of dihydropyridines is 1. The maximum absolute atomic E-state index is 13.7. The molecule has 0 bridgehead atoms. The van der Waals surface area contributed by atoms with Gasteiger partial charge in [-0.3, -0.25) is 14.4 Å². The first-order chi connectivity index (χ1) is 16.2. The third kappa shape index (κ3) is 3.73. The van der Waals surface area contributed by atoms with E-state index in [1.54, 1.807) is 32.9 Å². The van der Waals surface area contributed by atoms with Crippen molar-refractivity contribution in [3.63, 3.8) is 0 Å². The Morgan fingerprint density at radius 3 is 2.62 bits per heavy atom. The number of ketones is 1. The van der Waals surface area contributed by atoms with Crippen molar-refractivity contribution < 1.29 is 28.3 Å². The highest BCUT2D eigenvalue weighted by molar-refractivity contribution is 6.12. The van der Waals surface area contributed by atoms with Crippen LogP contribution in [-0.4, -0.2) is 31.4 Å². The molecule has 2 aromatic rings. The van der Waals surface area contributed by atoms with Gasteiger partial charge in [-0.15, -0.1) is 0 Å². The Bertz CT molecular complexity index is 1330. The number of esters is 2. The maximum Gasteiger partial charge on any atom is 0.336 e. The number of benzene rings is 1. The van der Waals surface area contributed by atoms with Crippen molar-refractivity contribution in [3.05, 3.63) is 68.4 Å². The van der Waals surface area contributed by atoms with Crippen LogP contribution in [0.5, 0.6) is 0 Å². The molecule has 2 aliphatic rings. The van der Waals surface area contributed by atoms with E-state index in [1.165, 1.54) is 13.4 Å². The highest BCUT2D eigenvalue weighted by atomic mass is 16.5. The number of Topliss-reactive ketones (excluding diaryl/α,β-unsaturated/α-hetero) is 1. The van der Waals surface area contributed by atoms with Crippen LogP contribution in [0.15, 0.2) is 56.2 Å². The van der Waals surface area contributed by atoms with E-state index in [4.69, 9.17) is 13.9 Å². The van der Waals surface area contributed by atoms with Gasteiger partial charge in [0, 0.05) is 22.5 Å². The first-order valence-electron chi connectivity index (χ1n) is 11.2. The molecule has 0 spiro atoms. The lowest BCUT2D eigenvalue weighted by molar-refractivity contribution is -0.151. The number of allylic oxidation sites excluding steroid dienone is 3. The normalized spacial score (nSPS) is 22.4. The van der Waals surface area contributed by atoms with E-state index in [0.717, 1.165) is 5.56 Å². The second-order valence-corrected chi connectivity index (χ2v) is 8.78. The van der Waals surface area contributed by atoms with Gasteiger partial charge in [-0.2, -0.15) is 0 Å². The average Bonchev–Trinajstić information content (AvgIpc) is 2.78. The van der Waals surface area contributed by atoms with E-state index >= 15 is 0 Å². The smallest absolute Gasteiger partial charge is 0.336 e. The van der Waals surface area contributed by atoms with E-state index in [-0.39, 0.29) is 34.7 Å². The summed E-state index contributed by atoms with van der Waals surface area (Å²) in [6, 6.07) is 5.25. The van der Waals surface area contributed by atoms with Crippen molar-refractivity contribution in [1.29, 1.82) is 0 Å². The van der Waals surface area contributed by atoms with Gasteiger partial charge in [0.1, 0.15) is 11.5 Å². The number of rotatable bonds is 4. The van der Waals surface area contributed by atoms with E-state index < -0.39 is 29.6 Å². The lowest BCUT2D eigenvalue weighted by atomic mass is 9.69. The van der Waals surface area contributed by atoms with Crippen molar-refractivity contribution in [1.82, 2.24) is 5.32 Å². The molecule has 178 valence electrons. The molecule has 0 saturated carbocycles. The first kappa shape index (κ1) is 23.5. The number of methoxy groups -OCH3 is 1. The van der Waals surface area contributed by atoms with E-state index in [9.17, 15) is 19.2 Å². The number of fused-ring (bicyclic) bond motifs is 1. The van der Waals surface area contributed by atoms with E-state index in [0.29, 0.717) is 28.8 Å². The summed E-state index contributed by atoms with van der Waals surface area (Å²) in [7, 11) is 1.23. The van der Waals surface area contributed by atoms with Crippen LogP contribution >= 0.6 is 0 Å². The summed E-state index contributed by atoms with van der Waals surface area (Å²) in [5, 5.41) is 3.51. The molecule has 34 heavy (non-hydrogen) atoms. The van der Waals surface area contributed by atoms with Gasteiger partial charge in [-0.1, -0.05) is 18.6 Å². The highest BCUT2D eigenvalue weighted by Gasteiger charge is 2.48. The summed E-state index contributed by atoms with van der Waals surface area (Å²) in [6.07, 6.45) is 1.67. The number of aryl methyl sites for hydroxylation is 1. The SMILES string of the molecule is CCOC(=O)C1=C(C)NC2=C(C(=O)[C@H](C(=O)OC)[C@@H](C)C2)[C@@H]1c1coc2ccc(C)cc2c1=O. The van der Waals surface area contributed by atoms with Crippen molar-refractivity contribution in [2.75, 3.05) is 13.7 Å². The summed E-state index contributed by atoms with van der Waals surface area (Å²) in [5.41, 5.74) is 2.47. The minimum atomic E-state index is -1.04. The molecular formula is C26H27NO7. The Hall–Kier alpha value is -3.68. The minimum Gasteiger partial charge on any atom is -0.468 e. The maximum atomic E-state index is 13.7. The molecule has 3 atom stereocenters. The van der Waals surface area contributed by atoms with Crippen LogP contribution in [0.4, 0.5) is 0 Å². The fourth-order valence-corrected chi connectivity index (χ4v) is 4.93. The van der Waals surface area contributed by atoms with Gasteiger partial charge in [0.25, 0.3) is 0 Å². The zero-order valence-electron chi connectivity index (χ0n) is 19.8. The molecule has 0 unspecified atom stereocenters. The summed E-state index contributed by atoms with van der Waals surface area (Å²) in [4.78, 5) is 52.9. The second-order valence-electron chi connectivity index (χ2n) is 8.78. The predicted molar refractivity (Wildman–Crippen MR) is 124 cm³/mol. The summed E-state index contributed by atoms with van der Waals surface area (Å²) >= 11 is 0. The van der Waals surface area contributed by atoms with Crippen LogP contribution < -0.4 is 10.7 Å². The molecule has 0 radical (unpaired) electrons. The molecular weight excluding hydrogens is 438 g/mol. The van der Waals surface area contributed by atoms with E-state index in [2.05, 4.69) is 5.32 Å². The number of ether oxygens (including phenoxy) is 2. The van der Waals surface area contributed by atoms with Crippen molar-refractivity contribution in [2.45, 2.75) is 40.0 Å². The van der Waals surface area contributed by atoms with Crippen molar-refractivity contribution >= 4 is 28.7 Å². The van der Waals surface area contributed by atoms with Gasteiger partial charge in [0.05, 0.1) is 36.9 Å². The van der Waals surface area contributed by atoms with Crippen molar-refractivity contribution in [3.8, 4) is 0 Å². The van der Waals surface area contributed by atoms with Gasteiger partial charge >= 0.3 is 11.9 Å². The van der Waals surface area contributed by atoms with Gasteiger partial charge in [-0.05, 0) is 45.2 Å². The monoisotopic (exact) mass is 465 g/mol. The van der Waals surface area contributed by atoms with Crippen LogP contribution in [0.3, 0.4) is 0 Å². The Morgan fingerprint density at radius 1 is 1.21 bits per heavy atom. The van der Waals surface area contributed by atoms with Crippen LogP contribution in [0.2, 0.25) is 0 Å². The highest BCUT2D eigenvalue weighted by Crippen LogP contribution is 2.45. The minimum absolute atomic E-state index is 0.121. The third-order valence-corrected chi connectivity index (χ3v) is 6.50. The summed E-state index contributed by atoms with van der Waals surface area (Å²) in [5.74, 6) is -4.16. The molecule has 1 aromatic heterocycles. The molecule has 1 aliphatic carbocycles. The number of hydrogen-bond donors (Lipinski definition) is 1. The Labute approximate surface area is 196 Å². The van der Waals surface area contributed by atoms with Crippen LogP contribution in [0, 0.1) is 18.8 Å². The largest absolute Gasteiger partial charge is 0.468 e. The zero-order chi connectivity index (χ0) is 24.7. The second kappa shape index (κ2) is 8.93. The lowest BCUT2D eigenvalue weighted by Crippen LogP contribution is -2.44. The molecule has 0 amide bonds. The van der Waals surface area contributed by atoms with Gasteiger partial charge < -0.3 is 19.2 Å². The fourth-order valence-electron chi connectivity index (χ4n) is 4.93. The number of carbonyl (C=O) groups excluding carboxylic acids is 3. The molecule has 2 heterocycles. The van der Waals surface area contributed by atoms with Crippen molar-refractivity contribution in [2.24, 2.45) is 11.8 Å². The predicted octanol–water partition coefficient (Wildman–Crippen LogP) is 3.28. The Morgan fingerprint density at radius 2 is 1.94 bits per heavy atom. The molecule has 1 aromatic carbocycles. The summed E-state index contributed by atoms with van der Waals surface area (Å²) in [6.45, 7) is 7.16.